The van der Waals surface area contributed by atoms with Crippen LogP contribution in [0.5, 0.6) is 0 Å². The van der Waals surface area contributed by atoms with E-state index in [1.54, 1.807) is 12.4 Å². The van der Waals surface area contributed by atoms with E-state index in [0.717, 1.165) is 71.3 Å². The van der Waals surface area contributed by atoms with Gasteiger partial charge in [-0.25, -0.2) is 9.97 Å². The second-order valence-electron chi connectivity index (χ2n) is 12.4. The highest BCUT2D eigenvalue weighted by Gasteiger charge is 2.13. The van der Waals surface area contributed by atoms with Crippen LogP contribution in [0.15, 0.2) is 18.5 Å². The quantitative estimate of drug-likeness (QED) is 0.406. The van der Waals surface area contributed by atoms with Gasteiger partial charge in [-0.2, -0.15) is 0 Å². The summed E-state index contributed by atoms with van der Waals surface area (Å²) in [7, 11) is 4.16. The fourth-order valence-electron chi connectivity index (χ4n) is 2.97. The Morgan fingerprint density at radius 3 is 1.76 bits per heavy atom. The standard InChI is InChI=1S/C10H16N2O.C10H21NO2.C9H21NO/c1-10(2,3)13-8-5-9-11-6-4-7-12-9;1-10(2,3)13-9-6-11-4-7-12-8-5-11;1-9(2,3)11-8-6-7-10(4)5/h4,6-7H,5,8H2,1-3H3;4-9H2,1-3H3;6-8H2,1-5H3. The van der Waals surface area contributed by atoms with E-state index in [2.05, 4.69) is 75.4 Å². The van der Waals surface area contributed by atoms with Crippen LogP contribution in [-0.4, -0.2) is 110 Å². The third-order valence-electron chi connectivity index (χ3n) is 4.81. The molecule has 0 unspecified atom stereocenters. The highest BCUT2D eigenvalue weighted by molar-refractivity contribution is 4.88. The Balaban J connectivity index is 0.000000528. The predicted molar refractivity (Wildman–Crippen MR) is 153 cm³/mol. The number of nitrogens with zero attached hydrogens (tertiary/aromatic N) is 4. The molecule has 8 nitrogen and oxygen atoms in total. The summed E-state index contributed by atoms with van der Waals surface area (Å²) in [4.78, 5) is 12.8. The molecule has 0 aromatic carbocycles. The Morgan fingerprint density at radius 2 is 1.27 bits per heavy atom. The molecule has 1 aliphatic rings. The van der Waals surface area contributed by atoms with Crippen molar-refractivity contribution in [2.24, 2.45) is 0 Å². The highest BCUT2D eigenvalue weighted by atomic mass is 16.5. The molecule has 0 bridgehead atoms. The molecule has 0 amide bonds. The second-order valence-corrected chi connectivity index (χ2v) is 12.4. The Labute approximate surface area is 228 Å². The van der Waals surface area contributed by atoms with Gasteiger partial charge in [0.15, 0.2) is 0 Å². The molecular weight excluding hydrogens is 468 g/mol. The largest absolute Gasteiger partial charge is 0.379 e. The van der Waals surface area contributed by atoms with Crippen LogP contribution in [0.25, 0.3) is 0 Å². The third-order valence-corrected chi connectivity index (χ3v) is 4.81. The fourth-order valence-corrected chi connectivity index (χ4v) is 2.97. The first-order chi connectivity index (χ1) is 17.1. The van der Waals surface area contributed by atoms with Gasteiger partial charge in [-0.05, 0) is 95.4 Å². The van der Waals surface area contributed by atoms with Gasteiger partial charge in [0.05, 0.1) is 43.2 Å². The van der Waals surface area contributed by atoms with Crippen molar-refractivity contribution in [2.75, 3.05) is 73.3 Å². The van der Waals surface area contributed by atoms with Gasteiger partial charge in [0.1, 0.15) is 5.82 Å². The lowest BCUT2D eigenvalue weighted by Crippen LogP contribution is -2.39. The first-order valence-corrected chi connectivity index (χ1v) is 13.7. The van der Waals surface area contributed by atoms with Crippen molar-refractivity contribution in [1.29, 1.82) is 0 Å². The van der Waals surface area contributed by atoms with Crippen LogP contribution < -0.4 is 0 Å². The summed E-state index contributed by atoms with van der Waals surface area (Å²) >= 11 is 0. The number of aromatic nitrogens is 2. The molecule has 37 heavy (non-hydrogen) atoms. The van der Waals surface area contributed by atoms with Gasteiger partial charge in [-0.15, -0.1) is 0 Å². The van der Waals surface area contributed by atoms with Crippen molar-refractivity contribution in [1.82, 2.24) is 19.8 Å². The van der Waals surface area contributed by atoms with Crippen molar-refractivity contribution in [2.45, 2.75) is 92.0 Å². The maximum atomic E-state index is 5.65. The van der Waals surface area contributed by atoms with E-state index in [1.807, 2.05) is 26.8 Å². The number of hydrogen-bond acceptors (Lipinski definition) is 8. The lowest BCUT2D eigenvalue weighted by Gasteiger charge is -2.28. The zero-order valence-electron chi connectivity index (χ0n) is 25.9. The van der Waals surface area contributed by atoms with E-state index >= 15 is 0 Å². The van der Waals surface area contributed by atoms with Gasteiger partial charge >= 0.3 is 0 Å². The molecule has 0 N–H and O–H groups in total. The monoisotopic (exact) mass is 526 g/mol. The molecule has 1 aliphatic heterocycles. The number of ether oxygens (including phenoxy) is 4. The molecule has 0 aliphatic carbocycles. The molecule has 0 radical (unpaired) electrons. The van der Waals surface area contributed by atoms with Crippen molar-refractivity contribution in [3.05, 3.63) is 24.3 Å². The maximum absolute atomic E-state index is 5.65. The maximum Gasteiger partial charge on any atom is 0.130 e. The summed E-state index contributed by atoms with van der Waals surface area (Å²) in [6, 6.07) is 1.81. The molecule has 1 aromatic rings. The Kier molecular flexibility index (Phi) is 18.4. The van der Waals surface area contributed by atoms with Crippen LogP contribution >= 0.6 is 0 Å². The molecule has 218 valence electrons. The first-order valence-electron chi connectivity index (χ1n) is 13.7. The zero-order valence-corrected chi connectivity index (χ0v) is 25.9. The molecule has 0 spiro atoms. The number of rotatable bonds is 10. The average Bonchev–Trinajstić information content (AvgIpc) is 2.77. The molecule has 1 fully saturated rings. The molecule has 8 heteroatoms. The SMILES string of the molecule is CC(C)(C)OCCN1CCOCC1.CC(C)(C)OCCc1ncccn1.CN(C)CCCOC(C)(C)C. The lowest BCUT2D eigenvalue weighted by molar-refractivity contribution is -0.0283. The van der Waals surface area contributed by atoms with Crippen LogP contribution in [-0.2, 0) is 25.4 Å². The zero-order chi connectivity index (χ0) is 28.4. The minimum absolute atomic E-state index is 0.00765. The van der Waals surface area contributed by atoms with Crippen LogP contribution in [0.1, 0.15) is 74.6 Å². The Bertz CT molecular complexity index is 647. The fraction of sp³-hybridized carbons (Fsp3) is 0.862. The lowest BCUT2D eigenvalue weighted by atomic mass is 10.2. The first kappa shape index (κ1) is 35.8. The Morgan fingerprint density at radius 1 is 0.784 bits per heavy atom. The van der Waals surface area contributed by atoms with Gasteiger partial charge in [-0.1, -0.05) is 0 Å². The van der Waals surface area contributed by atoms with Crippen LogP contribution in [0.4, 0.5) is 0 Å². The van der Waals surface area contributed by atoms with Gasteiger partial charge in [0, 0.05) is 45.1 Å². The number of hydrogen-bond donors (Lipinski definition) is 0. The highest BCUT2D eigenvalue weighted by Crippen LogP contribution is 2.08. The van der Waals surface area contributed by atoms with E-state index in [1.165, 1.54) is 0 Å². The van der Waals surface area contributed by atoms with E-state index in [-0.39, 0.29) is 16.8 Å². The Hall–Kier alpha value is -1.16. The van der Waals surface area contributed by atoms with E-state index in [9.17, 15) is 0 Å². The van der Waals surface area contributed by atoms with E-state index in [4.69, 9.17) is 18.9 Å². The summed E-state index contributed by atoms with van der Waals surface area (Å²) in [5, 5.41) is 0. The van der Waals surface area contributed by atoms with Gasteiger partial charge in [-0.3, -0.25) is 4.90 Å². The van der Waals surface area contributed by atoms with Crippen molar-refractivity contribution >= 4 is 0 Å². The normalized spacial score (nSPS) is 15.0. The smallest absolute Gasteiger partial charge is 0.130 e. The van der Waals surface area contributed by atoms with E-state index < -0.39 is 0 Å². The molecule has 0 atom stereocenters. The summed E-state index contributed by atoms with van der Waals surface area (Å²) in [6.45, 7) is 27.0. The molecule has 2 rings (SSSR count). The van der Waals surface area contributed by atoms with Gasteiger partial charge < -0.3 is 23.8 Å². The van der Waals surface area contributed by atoms with Gasteiger partial charge in [0.2, 0.25) is 0 Å². The average molecular weight is 527 g/mol. The van der Waals surface area contributed by atoms with Crippen LogP contribution in [0.3, 0.4) is 0 Å². The van der Waals surface area contributed by atoms with Crippen LogP contribution in [0, 0.1) is 0 Å². The summed E-state index contributed by atoms with van der Waals surface area (Å²) in [5.41, 5.74) is -0.0621. The summed E-state index contributed by atoms with van der Waals surface area (Å²) < 4.78 is 22.0. The number of morpholine rings is 1. The molecule has 0 saturated carbocycles. The summed E-state index contributed by atoms with van der Waals surface area (Å²) in [6.07, 6.45) is 5.39. The van der Waals surface area contributed by atoms with Crippen molar-refractivity contribution in [3.8, 4) is 0 Å². The van der Waals surface area contributed by atoms with Gasteiger partial charge in [0.25, 0.3) is 0 Å². The van der Waals surface area contributed by atoms with Crippen molar-refractivity contribution < 1.29 is 18.9 Å². The van der Waals surface area contributed by atoms with Crippen LogP contribution in [0.2, 0.25) is 0 Å². The third kappa shape index (κ3) is 27.7. The van der Waals surface area contributed by atoms with Crippen molar-refractivity contribution in [3.63, 3.8) is 0 Å². The second kappa shape index (κ2) is 19.0. The molecule has 2 heterocycles. The van der Waals surface area contributed by atoms with E-state index in [0.29, 0.717) is 6.61 Å². The minimum Gasteiger partial charge on any atom is -0.379 e. The summed E-state index contributed by atoms with van der Waals surface area (Å²) in [5.74, 6) is 0.840. The molecular formula is C29H58N4O4. The minimum atomic E-state index is -0.0746. The predicted octanol–water partition coefficient (Wildman–Crippen LogP) is 4.72. The molecule has 1 saturated heterocycles. The molecule has 1 aromatic heterocycles. The topological polar surface area (TPSA) is 69.2 Å².